The summed E-state index contributed by atoms with van der Waals surface area (Å²) < 4.78 is 23.7. The molecule has 0 bridgehead atoms. The maximum absolute atomic E-state index is 13.4. The van der Waals surface area contributed by atoms with Crippen molar-refractivity contribution in [3.8, 4) is 5.75 Å². The Morgan fingerprint density at radius 3 is 2.76 bits per heavy atom. The molecule has 0 spiro atoms. The maximum atomic E-state index is 13.4. The Balaban J connectivity index is 1.81. The molecule has 0 heterocycles. The molecule has 1 aromatic carbocycles. The van der Waals surface area contributed by atoms with E-state index in [0.29, 0.717) is 25.5 Å². The fourth-order valence-electron chi connectivity index (χ4n) is 2.31. The number of methoxy groups -OCH3 is 1. The first-order valence-corrected chi connectivity index (χ1v) is 7.28. The molecule has 1 N–H and O–H groups in total. The van der Waals surface area contributed by atoms with Gasteiger partial charge in [-0.25, -0.2) is 4.39 Å². The molecule has 2 rings (SSSR count). The highest BCUT2D eigenvalue weighted by molar-refractivity contribution is 5.80. The molecule has 5 heteroatoms. The summed E-state index contributed by atoms with van der Waals surface area (Å²) in [5.41, 5.74) is -0.700. The van der Waals surface area contributed by atoms with Crippen molar-refractivity contribution in [1.82, 2.24) is 5.32 Å². The van der Waals surface area contributed by atoms with Crippen LogP contribution in [0.5, 0.6) is 5.75 Å². The lowest BCUT2D eigenvalue weighted by Crippen LogP contribution is -2.51. The van der Waals surface area contributed by atoms with Gasteiger partial charge in [-0.05, 0) is 44.7 Å². The summed E-state index contributed by atoms with van der Waals surface area (Å²) in [6.07, 6.45) is 3.42. The lowest BCUT2D eigenvalue weighted by atomic mass is 9.96. The second kappa shape index (κ2) is 6.89. The molecule has 0 amide bonds. The number of benzene rings is 1. The van der Waals surface area contributed by atoms with Crippen LogP contribution in [-0.4, -0.2) is 31.3 Å². The number of esters is 1. The van der Waals surface area contributed by atoms with Crippen molar-refractivity contribution in [2.45, 2.75) is 44.2 Å². The second-order valence-corrected chi connectivity index (χ2v) is 5.62. The third-order valence-electron chi connectivity index (χ3n) is 3.65. The summed E-state index contributed by atoms with van der Waals surface area (Å²) in [6, 6.07) is 6.71. The molecule has 21 heavy (non-hydrogen) atoms. The smallest absolute Gasteiger partial charge is 0.325 e. The quantitative estimate of drug-likeness (QED) is 0.591. The van der Waals surface area contributed by atoms with Crippen molar-refractivity contribution in [3.05, 3.63) is 30.1 Å². The van der Waals surface area contributed by atoms with E-state index in [2.05, 4.69) is 5.32 Å². The van der Waals surface area contributed by atoms with Gasteiger partial charge in [0.25, 0.3) is 0 Å². The minimum Gasteiger partial charge on any atom is -0.491 e. The van der Waals surface area contributed by atoms with E-state index in [0.717, 1.165) is 12.8 Å². The van der Waals surface area contributed by atoms with Gasteiger partial charge in [0.1, 0.15) is 5.54 Å². The molecule has 0 aliphatic heterocycles. The van der Waals surface area contributed by atoms with Crippen molar-refractivity contribution in [2.24, 2.45) is 0 Å². The van der Waals surface area contributed by atoms with E-state index < -0.39 is 5.54 Å². The normalized spacial score (nSPS) is 17.1. The average Bonchev–Trinajstić information content (AvgIpc) is 3.28. The summed E-state index contributed by atoms with van der Waals surface area (Å²) in [4.78, 5) is 11.9. The molecule has 0 aromatic heterocycles. The molecule has 1 aliphatic rings. The highest BCUT2D eigenvalue weighted by Crippen LogP contribution is 2.26. The van der Waals surface area contributed by atoms with Crippen LogP contribution in [0.25, 0.3) is 0 Å². The van der Waals surface area contributed by atoms with Crippen LogP contribution in [0, 0.1) is 5.82 Å². The van der Waals surface area contributed by atoms with Gasteiger partial charge in [-0.15, -0.1) is 0 Å². The fourth-order valence-corrected chi connectivity index (χ4v) is 2.31. The topological polar surface area (TPSA) is 47.6 Å². The summed E-state index contributed by atoms with van der Waals surface area (Å²) in [5.74, 6) is -0.392. The number of halogens is 1. The molecular formula is C16H22FNO3. The molecular weight excluding hydrogens is 273 g/mol. The molecule has 1 saturated carbocycles. The second-order valence-electron chi connectivity index (χ2n) is 5.62. The number of hydrogen-bond donors (Lipinski definition) is 1. The zero-order valence-electron chi connectivity index (χ0n) is 12.5. The van der Waals surface area contributed by atoms with Crippen molar-refractivity contribution >= 4 is 5.97 Å². The van der Waals surface area contributed by atoms with Crippen molar-refractivity contribution in [1.29, 1.82) is 0 Å². The molecule has 4 nitrogen and oxygen atoms in total. The van der Waals surface area contributed by atoms with Crippen LogP contribution in [-0.2, 0) is 9.53 Å². The predicted molar refractivity (Wildman–Crippen MR) is 77.7 cm³/mol. The van der Waals surface area contributed by atoms with E-state index in [4.69, 9.17) is 9.47 Å². The van der Waals surface area contributed by atoms with Crippen LogP contribution in [0.2, 0.25) is 0 Å². The third kappa shape index (κ3) is 4.43. The molecule has 1 fully saturated rings. The largest absolute Gasteiger partial charge is 0.491 e. The lowest BCUT2D eigenvalue weighted by molar-refractivity contribution is -0.148. The monoisotopic (exact) mass is 295 g/mol. The number of para-hydroxylation sites is 1. The number of carbonyl (C=O) groups is 1. The van der Waals surface area contributed by atoms with Crippen LogP contribution in [0.15, 0.2) is 24.3 Å². The van der Waals surface area contributed by atoms with Crippen LogP contribution < -0.4 is 10.1 Å². The zero-order valence-corrected chi connectivity index (χ0v) is 12.5. The van der Waals surface area contributed by atoms with Crippen molar-refractivity contribution in [2.75, 3.05) is 13.7 Å². The highest BCUT2D eigenvalue weighted by Gasteiger charge is 2.38. The van der Waals surface area contributed by atoms with Gasteiger partial charge in [0.2, 0.25) is 0 Å². The molecule has 0 radical (unpaired) electrons. The van der Waals surface area contributed by atoms with E-state index in [-0.39, 0.29) is 17.5 Å². The summed E-state index contributed by atoms with van der Waals surface area (Å²) in [6.45, 7) is 2.21. The van der Waals surface area contributed by atoms with Gasteiger partial charge in [0, 0.05) is 6.04 Å². The van der Waals surface area contributed by atoms with E-state index >= 15 is 0 Å². The number of rotatable bonds is 8. The molecule has 1 atom stereocenters. The van der Waals surface area contributed by atoms with Gasteiger partial charge < -0.3 is 9.47 Å². The number of ether oxygens (including phenoxy) is 2. The van der Waals surface area contributed by atoms with E-state index in [1.165, 1.54) is 13.2 Å². The number of carbonyl (C=O) groups excluding carboxylic acids is 1. The van der Waals surface area contributed by atoms with Gasteiger partial charge in [-0.2, -0.15) is 0 Å². The minimum absolute atomic E-state index is 0.243. The fraction of sp³-hybridized carbons (Fsp3) is 0.562. The molecule has 1 aromatic rings. The van der Waals surface area contributed by atoms with Crippen molar-refractivity contribution in [3.63, 3.8) is 0 Å². The zero-order chi connectivity index (χ0) is 15.3. The van der Waals surface area contributed by atoms with Gasteiger partial charge in [0.05, 0.1) is 13.7 Å². The number of nitrogens with one attached hydrogen (secondary N) is 1. The Kier molecular flexibility index (Phi) is 5.17. The van der Waals surface area contributed by atoms with E-state index in [1.807, 2.05) is 6.92 Å². The Hall–Kier alpha value is -1.62. The lowest BCUT2D eigenvalue weighted by Gasteiger charge is -2.28. The van der Waals surface area contributed by atoms with Crippen LogP contribution in [0.3, 0.4) is 0 Å². The van der Waals surface area contributed by atoms with E-state index in [9.17, 15) is 9.18 Å². The number of hydrogen-bond acceptors (Lipinski definition) is 4. The standard InChI is InChI=1S/C16H22FNO3/c1-16(15(19)20-2,18-12-8-9-12)10-5-11-21-14-7-4-3-6-13(14)17/h3-4,6-7,12,18H,5,8-11H2,1-2H3. The van der Waals surface area contributed by atoms with Gasteiger partial charge >= 0.3 is 5.97 Å². The minimum atomic E-state index is -0.700. The van der Waals surface area contributed by atoms with Gasteiger partial charge in [0.15, 0.2) is 11.6 Å². The first kappa shape index (κ1) is 15.8. The van der Waals surface area contributed by atoms with Gasteiger partial charge in [-0.3, -0.25) is 10.1 Å². The maximum Gasteiger partial charge on any atom is 0.325 e. The first-order valence-electron chi connectivity index (χ1n) is 7.28. The summed E-state index contributed by atoms with van der Waals surface area (Å²) in [7, 11) is 1.39. The molecule has 116 valence electrons. The molecule has 1 aliphatic carbocycles. The summed E-state index contributed by atoms with van der Waals surface area (Å²) in [5, 5.41) is 3.32. The first-order chi connectivity index (χ1) is 10.0. The third-order valence-corrected chi connectivity index (χ3v) is 3.65. The van der Waals surface area contributed by atoms with E-state index in [1.54, 1.807) is 18.2 Å². The summed E-state index contributed by atoms with van der Waals surface area (Å²) >= 11 is 0. The highest BCUT2D eigenvalue weighted by atomic mass is 19.1. The predicted octanol–water partition coefficient (Wildman–Crippen LogP) is 2.67. The Morgan fingerprint density at radius 1 is 1.43 bits per heavy atom. The van der Waals surface area contributed by atoms with Gasteiger partial charge in [-0.1, -0.05) is 12.1 Å². The Morgan fingerprint density at radius 2 is 2.14 bits per heavy atom. The average molecular weight is 295 g/mol. The molecule has 1 unspecified atom stereocenters. The van der Waals surface area contributed by atoms with Crippen LogP contribution in [0.4, 0.5) is 4.39 Å². The van der Waals surface area contributed by atoms with Crippen molar-refractivity contribution < 1.29 is 18.7 Å². The Bertz CT molecular complexity index is 490. The molecule has 0 saturated heterocycles. The van der Waals surface area contributed by atoms with Crippen LogP contribution >= 0.6 is 0 Å². The Labute approximate surface area is 124 Å². The van der Waals surface area contributed by atoms with Crippen LogP contribution in [0.1, 0.15) is 32.6 Å². The SMILES string of the molecule is COC(=O)C(C)(CCCOc1ccccc1F)NC1CC1.